The molecular formula is C19H16O5. The lowest BCUT2D eigenvalue weighted by molar-refractivity contribution is 0.102. The Morgan fingerprint density at radius 2 is 1.79 bits per heavy atom. The molecule has 0 atom stereocenters. The Morgan fingerprint density at radius 1 is 0.958 bits per heavy atom. The number of rotatable bonds is 3. The van der Waals surface area contributed by atoms with Crippen molar-refractivity contribution < 1.29 is 23.7 Å². The van der Waals surface area contributed by atoms with Crippen LogP contribution in [-0.4, -0.2) is 32.7 Å². The van der Waals surface area contributed by atoms with Crippen molar-refractivity contribution in [3.8, 4) is 23.0 Å². The van der Waals surface area contributed by atoms with E-state index in [4.69, 9.17) is 18.9 Å². The van der Waals surface area contributed by atoms with Crippen LogP contribution in [0.4, 0.5) is 0 Å². The van der Waals surface area contributed by atoms with E-state index in [1.807, 2.05) is 24.3 Å². The molecule has 0 fully saturated rings. The van der Waals surface area contributed by atoms with Gasteiger partial charge in [0.1, 0.15) is 31.3 Å². The molecule has 0 aromatic heterocycles. The van der Waals surface area contributed by atoms with Crippen molar-refractivity contribution in [3.63, 3.8) is 0 Å². The van der Waals surface area contributed by atoms with Gasteiger partial charge in [-0.1, -0.05) is 0 Å². The first-order valence-electron chi connectivity index (χ1n) is 7.70. The van der Waals surface area contributed by atoms with Gasteiger partial charge in [0.15, 0.2) is 17.3 Å². The maximum absolute atomic E-state index is 12.7. The first kappa shape index (κ1) is 14.6. The fourth-order valence-electron chi connectivity index (χ4n) is 2.77. The Hall–Kier alpha value is -2.95. The topological polar surface area (TPSA) is 54.0 Å². The van der Waals surface area contributed by atoms with E-state index in [1.165, 1.54) is 0 Å². The smallest absolute Gasteiger partial charge is 0.192 e. The van der Waals surface area contributed by atoms with Crippen molar-refractivity contribution in [1.82, 2.24) is 0 Å². The first-order chi connectivity index (χ1) is 11.7. The van der Waals surface area contributed by atoms with Crippen molar-refractivity contribution in [1.29, 1.82) is 0 Å². The summed E-state index contributed by atoms with van der Waals surface area (Å²) >= 11 is 0. The highest BCUT2D eigenvalue weighted by molar-refractivity contribution is 6.12. The highest BCUT2D eigenvalue weighted by atomic mass is 16.6. The number of fused-ring (bicyclic) bond motifs is 2. The van der Waals surface area contributed by atoms with E-state index in [0.717, 1.165) is 11.3 Å². The number of ketones is 1. The first-order valence-corrected chi connectivity index (χ1v) is 7.70. The van der Waals surface area contributed by atoms with E-state index < -0.39 is 0 Å². The van der Waals surface area contributed by atoms with Crippen LogP contribution in [-0.2, 0) is 0 Å². The number of ether oxygens (including phenoxy) is 4. The molecule has 24 heavy (non-hydrogen) atoms. The summed E-state index contributed by atoms with van der Waals surface area (Å²) in [7, 11) is 1.61. The van der Waals surface area contributed by atoms with Crippen LogP contribution in [0.2, 0.25) is 0 Å². The summed E-state index contributed by atoms with van der Waals surface area (Å²) in [6.45, 7) is 1.25. The summed E-state index contributed by atoms with van der Waals surface area (Å²) in [5.41, 5.74) is 2.03. The van der Waals surface area contributed by atoms with Gasteiger partial charge < -0.3 is 18.9 Å². The summed E-state index contributed by atoms with van der Waals surface area (Å²) in [6.07, 6.45) is 1.86. The number of hydrogen-bond acceptors (Lipinski definition) is 5. The number of benzene rings is 2. The number of carbonyl (C=O) groups excluding carboxylic acids is 1. The van der Waals surface area contributed by atoms with Gasteiger partial charge in [-0.15, -0.1) is 0 Å². The fourth-order valence-corrected chi connectivity index (χ4v) is 2.77. The molecule has 0 spiro atoms. The van der Waals surface area contributed by atoms with Gasteiger partial charge in [-0.2, -0.15) is 0 Å². The third-order valence-electron chi connectivity index (χ3n) is 4.03. The molecule has 4 rings (SSSR count). The predicted octanol–water partition coefficient (Wildman–Crippen LogP) is 3.13. The average molecular weight is 324 g/mol. The quantitative estimate of drug-likeness (QED) is 0.812. The van der Waals surface area contributed by atoms with E-state index in [0.29, 0.717) is 41.6 Å². The molecule has 5 heteroatoms. The molecular weight excluding hydrogens is 308 g/mol. The van der Waals surface area contributed by atoms with Crippen molar-refractivity contribution in [2.45, 2.75) is 0 Å². The van der Waals surface area contributed by atoms with E-state index in [2.05, 4.69) is 0 Å². The normalized spacial score (nSPS) is 15.0. The van der Waals surface area contributed by atoms with Crippen LogP contribution in [0.5, 0.6) is 23.0 Å². The summed E-state index contributed by atoms with van der Waals surface area (Å²) < 4.78 is 21.9. The van der Waals surface area contributed by atoms with E-state index in [-0.39, 0.29) is 12.4 Å². The second kappa shape index (κ2) is 5.92. The Kier molecular flexibility index (Phi) is 3.61. The largest absolute Gasteiger partial charge is 0.497 e. The second-order valence-electron chi connectivity index (χ2n) is 5.55. The van der Waals surface area contributed by atoms with Gasteiger partial charge in [0.05, 0.1) is 7.11 Å². The highest BCUT2D eigenvalue weighted by Crippen LogP contribution is 2.34. The molecule has 122 valence electrons. The van der Waals surface area contributed by atoms with Gasteiger partial charge in [0, 0.05) is 22.8 Å². The Balaban J connectivity index is 1.63. The van der Waals surface area contributed by atoms with Gasteiger partial charge in [0.25, 0.3) is 0 Å². The third-order valence-corrected chi connectivity index (χ3v) is 4.03. The molecule has 0 N–H and O–H groups in total. The molecule has 0 aliphatic carbocycles. The molecule has 2 aromatic rings. The van der Waals surface area contributed by atoms with Crippen LogP contribution < -0.4 is 18.9 Å². The summed E-state index contributed by atoms with van der Waals surface area (Å²) in [5, 5.41) is 0. The van der Waals surface area contributed by atoms with Crippen LogP contribution in [0.25, 0.3) is 6.08 Å². The minimum absolute atomic E-state index is 0.0755. The monoisotopic (exact) mass is 324 g/mol. The van der Waals surface area contributed by atoms with Crippen LogP contribution in [0, 0.1) is 0 Å². The molecule has 2 aromatic carbocycles. The average Bonchev–Trinajstić information content (AvgIpc) is 2.66. The van der Waals surface area contributed by atoms with Gasteiger partial charge in [-0.05, 0) is 36.4 Å². The van der Waals surface area contributed by atoms with Crippen LogP contribution in [0.3, 0.4) is 0 Å². The summed E-state index contributed by atoms with van der Waals surface area (Å²) in [4.78, 5) is 12.7. The zero-order valence-electron chi connectivity index (χ0n) is 13.2. The Morgan fingerprint density at radius 3 is 2.62 bits per heavy atom. The standard InChI is InChI=1S/C19H16O5/c1-21-15-4-2-12-8-14(11-24-17(12)10-15)19(20)13-3-5-16-18(9-13)23-7-6-22-16/h2-5,8-10H,6-7,11H2,1H3. The maximum Gasteiger partial charge on any atom is 0.192 e. The molecule has 5 nitrogen and oxygen atoms in total. The van der Waals surface area contributed by atoms with E-state index >= 15 is 0 Å². The summed E-state index contributed by atoms with van der Waals surface area (Å²) in [6, 6.07) is 10.8. The lowest BCUT2D eigenvalue weighted by Gasteiger charge is -2.20. The lowest BCUT2D eigenvalue weighted by Crippen LogP contribution is -2.17. The number of carbonyl (C=O) groups is 1. The molecule has 2 heterocycles. The summed E-state index contributed by atoms with van der Waals surface area (Å²) in [5.74, 6) is 2.64. The van der Waals surface area contributed by atoms with Crippen molar-refractivity contribution in [2.24, 2.45) is 0 Å². The van der Waals surface area contributed by atoms with Crippen LogP contribution in [0.15, 0.2) is 42.0 Å². The van der Waals surface area contributed by atoms with Crippen molar-refractivity contribution in [3.05, 3.63) is 53.1 Å². The molecule has 0 bridgehead atoms. The minimum Gasteiger partial charge on any atom is -0.497 e. The molecule has 0 saturated carbocycles. The molecule has 2 aliphatic heterocycles. The fraction of sp³-hybridized carbons (Fsp3) is 0.211. The Bertz CT molecular complexity index is 838. The van der Waals surface area contributed by atoms with Crippen molar-refractivity contribution in [2.75, 3.05) is 26.9 Å². The molecule has 0 saturated heterocycles. The van der Waals surface area contributed by atoms with Crippen LogP contribution >= 0.6 is 0 Å². The molecule has 0 amide bonds. The predicted molar refractivity (Wildman–Crippen MR) is 88.2 cm³/mol. The third kappa shape index (κ3) is 2.58. The maximum atomic E-state index is 12.7. The Labute approximate surface area is 139 Å². The highest BCUT2D eigenvalue weighted by Gasteiger charge is 2.21. The number of methoxy groups -OCH3 is 1. The SMILES string of the molecule is COc1ccc2c(c1)OCC(C(=O)c1ccc3c(c1)OCCO3)=C2. The molecule has 0 unspecified atom stereocenters. The van der Waals surface area contributed by atoms with Gasteiger partial charge >= 0.3 is 0 Å². The van der Waals surface area contributed by atoms with Crippen LogP contribution in [0.1, 0.15) is 15.9 Å². The van der Waals surface area contributed by atoms with Gasteiger partial charge in [0.2, 0.25) is 0 Å². The molecule has 2 aliphatic rings. The number of hydrogen-bond donors (Lipinski definition) is 0. The van der Waals surface area contributed by atoms with E-state index in [9.17, 15) is 4.79 Å². The minimum atomic E-state index is -0.0755. The lowest BCUT2D eigenvalue weighted by atomic mass is 9.99. The number of Topliss-reactive ketones (excluding diaryl/α,β-unsaturated/α-hetero) is 1. The van der Waals surface area contributed by atoms with E-state index in [1.54, 1.807) is 25.3 Å². The van der Waals surface area contributed by atoms with Crippen molar-refractivity contribution >= 4 is 11.9 Å². The van der Waals surface area contributed by atoms with Gasteiger partial charge in [-0.3, -0.25) is 4.79 Å². The zero-order chi connectivity index (χ0) is 16.5. The molecule has 0 radical (unpaired) electrons. The zero-order valence-corrected chi connectivity index (χ0v) is 13.2. The second-order valence-corrected chi connectivity index (χ2v) is 5.55. The van der Waals surface area contributed by atoms with Gasteiger partial charge in [-0.25, -0.2) is 0 Å².